The standard InChI is InChI=1S/C36H30GeN2/c1-37(2,3)27-19-21-33-32(23-27)31(25-12-6-4-7-13-25)24-34(38-33)26-18-20-30-29-16-10-11-17-35(29)39(36(30)22-26)28-14-8-5-9-15-28/h4-24H,1-3H3. The van der Waals surface area contributed by atoms with Crippen molar-refractivity contribution in [3.8, 4) is 28.1 Å². The van der Waals surface area contributed by atoms with E-state index in [-0.39, 0.29) is 0 Å². The third-order valence-corrected chi connectivity index (χ3v) is 12.0. The summed E-state index contributed by atoms with van der Waals surface area (Å²) in [7, 11) is 0. The molecule has 0 saturated carbocycles. The van der Waals surface area contributed by atoms with Crippen LogP contribution in [0.3, 0.4) is 0 Å². The molecule has 7 aromatic rings. The van der Waals surface area contributed by atoms with Gasteiger partial charge in [-0.15, -0.1) is 0 Å². The Labute approximate surface area is 231 Å². The van der Waals surface area contributed by atoms with Crippen molar-refractivity contribution in [3.05, 3.63) is 127 Å². The number of para-hydroxylation sites is 2. The van der Waals surface area contributed by atoms with Crippen molar-refractivity contribution in [3.63, 3.8) is 0 Å². The van der Waals surface area contributed by atoms with E-state index in [9.17, 15) is 0 Å². The Morgan fingerprint density at radius 3 is 2.00 bits per heavy atom. The average Bonchev–Trinajstić information content (AvgIpc) is 3.30. The maximum atomic E-state index is 5.23. The van der Waals surface area contributed by atoms with E-state index in [1.54, 1.807) is 0 Å². The molecule has 0 amide bonds. The Morgan fingerprint density at radius 2 is 1.23 bits per heavy atom. The van der Waals surface area contributed by atoms with Crippen LogP contribution in [0.15, 0.2) is 127 Å². The molecule has 0 aliphatic carbocycles. The number of aromatic nitrogens is 2. The van der Waals surface area contributed by atoms with E-state index < -0.39 is 13.3 Å². The minimum atomic E-state index is -2.01. The molecule has 188 valence electrons. The van der Waals surface area contributed by atoms with Gasteiger partial charge in [-0.2, -0.15) is 0 Å². The molecule has 0 aliphatic heterocycles. The monoisotopic (exact) mass is 564 g/mol. The van der Waals surface area contributed by atoms with Crippen LogP contribution in [0.5, 0.6) is 0 Å². The van der Waals surface area contributed by atoms with Crippen LogP contribution in [-0.4, -0.2) is 22.8 Å². The molecular weight excluding hydrogens is 533 g/mol. The number of hydrogen-bond donors (Lipinski definition) is 0. The van der Waals surface area contributed by atoms with Crippen LogP contribution in [0.1, 0.15) is 0 Å². The van der Waals surface area contributed by atoms with Crippen molar-refractivity contribution in [2.75, 3.05) is 0 Å². The fourth-order valence-electron chi connectivity index (χ4n) is 5.68. The molecule has 0 saturated heterocycles. The third-order valence-electron chi connectivity index (χ3n) is 7.74. The van der Waals surface area contributed by atoms with Gasteiger partial charge in [0, 0.05) is 0 Å². The number of hydrogen-bond acceptors (Lipinski definition) is 1. The fourth-order valence-corrected chi connectivity index (χ4v) is 8.12. The van der Waals surface area contributed by atoms with E-state index in [1.807, 2.05) is 0 Å². The first-order chi connectivity index (χ1) is 19.0. The van der Waals surface area contributed by atoms with Crippen LogP contribution in [0.2, 0.25) is 17.3 Å². The predicted octanol–water partition coefficient (Wildman–Crippen LogP) is 9.21. The first-order valence-electron chi connectivity index (χ1n) is 13.6. The van der Waals surface area contributed by atoms with Gasteiger partial charge in [0.2, 0.25) is 0 Å². The second-order valence-electron chi connectivity index (χ2n) is 11.3. The summed E-state index contributed by atoms with van der Waals surface area (Å²) in [4.78, 5) is 5.23. The molecule has 0 radical (unpaired) electrons. The SMILES string of the molecule is [CH3][Ge]([CH3])([CH3])[c]1ccc2nc(-c3ccc4c5ccccc5n(-c5ccccc5)c4c3)cc(-c3ccccc3)c2c1. The zero-order valence-corrected chi connectivity index (χ0v) is 24.6. The van der Waals surface area contributed by atoms with Gasteiger partial charge in [0.05, 0.1) is 0 Å². The van der Waals surface area contributed by atoms with Gasteiger partial charge < -0.3 is 0 Å². The van der Waals surface area contributed by atoms with Gasteiger partial charge in [-0.05, 0) is 0 Å². The summed E-state index contributed by atoms with van der Waals surface area (Å²) >= 11 is -2.01. The Bertz CT molecular complexity index is 1980. The zero-order chi connectivity index (χ0) is 26.6. The second-order valence-corrected chi connectivity index (χ2v) is 22.0. The molecule has 0 aliphatic rings. The fraction of sp³-hybridized carbons (Fsp3) is 0.0833. The Morgan fingerprint density at radius 1 is 0.538 bits per heavy atom. The Balaban J connectivity index is 1.50. The second kappa shape index (κ2) is 9.25. The molecule has 0 N–H and O–H groups in total. The molecule has 0 fully saturated rings. The molecule has 0 atom stereocenters. The van der Waals surface area contributed by atoms with Crippen LogP contribution in [0.4, 0.5) is 0 Å². The van der Waals surface area contributed by atoms with Crippen molar-refractivity contribution in [1.29, 1.82) is 0 Å². The number of pyridine rings is 1. The molecule has 0 bridgehead atoms. The van der Waals surface area contributed by atoms with Crippen LogP contribution >= 0.6 is 0 Å². The van der Waals surface area contributed by atoms with Crippen LogP contribution in [0, 0.1) is 0 Å². The predicted molar refractivity (Wildman–Crippen MR) is 170 cm³/mol. The summed E-state index contributed by atoms with van der Waals surface area (Å²) in [6, 6.07) is 46.1. The number of nitrogens with zero attached hydrogens (tertiary/aromatic N) is 2. The minimum absolute atomic E-state index is 0.998. The van der Waals surface area contributed by atoms with Crippen molar-refractivity contribution in [1.82, 2.24) is 9.55 Å². The third kappa shape index (κ3) is 4.16. The normalized spacial score (nSPS) is 12.0. The van der Waals surface area contributed by atoms with E-state index in [0.717, 1.165) is 22.5 Å². The molecule has 39 heavy (non-hydrogen) atoms. The molecule has 7 rings (SSSR count). The van der Waals surface area contributed by atoms with Gasteiger partial charge in [0.25, 0.3) is 0 Å². The van der Waals surface area contributed by atoms with Crippen molar-refractivity contribution in [2.24, 2.45) is 0 Å². The van der Waals surface area contributed by atoms with E-state index in [2.05, 4.69) is 149 Å². The van der Waals surface area contributed by atoms with E-state index >= 15 is 0 Å². The van der Waals surface area contributed by atoms with Crippen LogP contribution in [-0.2, 0) is 0 Å². The first-order valence-corrected chi connectivity index (χ1v) is 20.9. The van der Waals surface area contributed by atoms with E-state index in [0.29, 0.717) is 0 Å². The summed E-state index contributed by atoms with van der Waals surface area (Å²) in [5, 5.41) is 3.76. The van der Waals surface area contributed by atoms with Gasteiger partial charge in [0.1, 0.15) is 0 Å². The summed E-state index contributed by atoms with van der Waals surface area (Å²) < 4.78 is 3.87. The molecule has 5 aromatic carbocycles. The summed E-state index contributed by atoms with van der Waals surface area (Å²) in [5.41, 5.74) is 9.21. The van der Waals surface area contributed by atoms with E-state index in [1.165, 1.54) is 42.7 Å². The zero-order valence-electron chi connectivity index (χ0n) is 22.5. The van der Waals surface area contributed by atoms with Gasteiger partial charge in [-0.1, -0.05) is 30.3 Å². The topological polar surface area (TPSA) is 17.8 Å². The summed E-state index contributed by atoms with van der Waals surface area (Å²) in [6.07, 6.45) is 0. The van der Waals surface area contributed by atoms with Crippen LogP contribution in [0.25, 0.3) is 60.8 Å². The number of fused-ring (bicyclic) bond motifs is 4. The van der Waals surface area contributed by atoms with Crippen molar-refractivity contribution in [2.45, 2.75) is 17.3 Å². The van der Waals surface area contributed by atoms with Crippen LogP contribution < -0.4 is 4.40 Å². The Hall–Kier alpha value is -4.15. The molecule has 0 spiro atoms. The van der Waals surface area contributed by atoms with Gasteiger partial charge in [0.15, 0.2) is 0 Å². The summed E-state index contributed by atoms with van der Waals surface area (Å²) in [5.74, 6) is 7.35. The molecule has 2 aromatic heterocycles. The number of rotatable bonds is 4. The maximum absolute atomic E-state index is 5.23. The van der Waals surface area contributed by atoms with Crippen molar-refractivity contribution >= 4 is 50.4 Å². The van der Waals surface area contributed by atoms with Gasteiger partial charge in [-0.25, -0.2) is 0 Å². The molecule has 2 nitrogen and oxygen atoms in total. The van der Waals surface area contributed by atoms with Crippen molar-refractivity contribution < 1.29 is 0 Å². The average molecular weight is 563 g/mol. The molecule has 0 unspecified atom stereocenters. The summed E-state index contributed by atoms with van der Waals surface area (Å²) in [6.45, 7) is 0. The van der Waals surface area contributed by atoms with Gasteiger partial charge >= 0.3 is 202 Å². The Kier molecular flexibility index (Phi) is 5.68. The van der Waals surface area contributed by atoms with Gasteiger partial charge in [-0.3, -0.25) is 0 Å². The van der Waals surface area contributed by atoms with E-state index in [4.69, 9.17) is 4.98 Å². The molecule has 2 heterocycles. The molecular formula is C36H30GeN2. The number of benzene rings is 5. The molecule has 3 heteroatoms. The quantitative estimate of drug-likeness (QED) is 0.195. The first kappa shape index (κ1) is 23.9.